The highest BCUT2D eigenvalue weighted by Crippen LogP contribution is 2.30. The number of ether oxygens (including phenoxy) is 1. The molecular formula is C18H25ClN2O2. The molecule has 0 radical (unpaired) electrons. The summed E-state index contributed by atoms with van der Waals surface area (Å²) in [6.07, 6.45) is 3.16. The lowest BCUT2D eigenvalue weighted by Gasteiger charge is -2.29. The molecule has 0 saturated carbocycles. The molecule has 0 N–H and O–H groups in total. The van der Waals surface area contributed by atoms with E-state index >= 15 is 0 Å². The Bertz CT molecular complexity index is 599. The summed E-state index contributed by atoms with van der Waals surface area (Å²) in [7, 11) is 0. The molecule has 0 atom stereocenters. The number of carbonyl (C=O) groups is 1. The Morgan fingerprint density at radius 3 is 2.30 bits per heavy atom. The third-order valence-electron chi connectivity index (χ3n) is 3.28. The average molecular weight is 337 g/mol. The van der Waals surface area contributed by atoms with Gasteiger partial charge in [0.15, 0.2) is 0 Å². The van der Waals surface area contributed by atoms with Crippen LogP contribution in [-0.2, 0) is 0 Å². The van der Waals surface area contributed by atoms with Crippen molar-refractivity contribution in [2.75, 3.05) is 0 Å². The Balaban J connectivity index is 3.21. The number of nitrogens with zero attached hydrogens (tertiary/aromatic N) is 2. The van der Waals surface area contributed by atoms with Crippen molar-refractivity contribution in [3.63, 3.8) is 0 Å². The van der Waals surface area contributed by atoms with Crippen LogP contribution in [0.25, 0.3) is 5.70 Å². The summed E-state index contributed by atoms with van der Waals surface area (Å²) in [5, 5.41) is 0.565. The Morgan fingerprint density at radius 2 is 1.83 bits per heavy atom. The van der Waals surface area contributed by atoms with E-state index in [2.05, 4.69) is 4.99 Å². The van der Waals surface area contributed by atoms with Gasteiger partial charge in [-0.1, -0.05) is 17.7 Å². The van der Waals surface area contributed by atoms with E-state index in [1.54, 1.807) is 29.3 Å². The van der Waals surface area contributed by atoms with E-state index in [9.17, 15) is 4.79 Å². The zero-order valence-electron chi connectivity index (χ0n) is 14.6. The molecule has 1 amide bonds. The van der Waals surface area contributed by atoms with Crippen molar-refractivity contribution in [2.24, 2.45) is 4.99 Å². The molecule has 0 aliphatic rings. The fourth-order valence-electron chi connectivity index (χ4n) is 2.39. The monoisotopic (exact) mass is 336 g/mol. The summed E-state index contributed by atoms with van der Waals surface area (Å²) in [6.45, 7) is 11.6. The highest BCUT2D eigenvalue weighted by Gasteiger charge is 2.23. The van der Waals surface area contributed by atoms with Gasteiger partial charge < -0.3 is 9.64 Å². The highest BCUT2D eigenvalue weighted by atomic mass is 35.5. The fourth-order valence-corrected chi connectivity index (χ4v) is 2.57. The second-order valence-corrected chi connectivity index (χ2v) is 6.10. The lowest BCUT2D eigenvalue weighted by atomic mass is 10.1. The van der Waals surface area contributed by atoms with Crippen LogP contribution in [0.15, 0.2) is 29.3 Å². The third kappa shape index (κ3) is 5.10. The maximum Gasteiger partial charge on any atom is 0.415 e. The molecule has 0 spiro atoms. The van der Waals surface area contributed by atoms with Crippen molar-refractivity contribution in [1.29, 1.82) is 0 Å². The molecule has 0 aromatic heterocycles. The van der Waals surface area contributed by atoms with Crippen LogP contribution in [0.2, 0.25) is 5.02 Å². The van der Waals surface area contributed by atoms with Gasteiger partial charge in [-0.05, 0) is 59.7 Å². The van der Waals surface area contributed by atoms with Gasteiger partial charge >= 0.3 is 6.09 Å². The SMILES string of the molecule is CC=N/C(=C\C)c1cc(Cl)ccc1OC(=O)N(C(C)C)C(C)C. The smallest absolute Gasteiger partial charge is 0.409 e. The van der Waals surface area contributed by atoms with Gasteiger partial charge in [0.25, 0.3) is 0 Å². The van der Waals surface area contributed by atoms with Crippen molar-refractivity contribution in [3.8, 4) is 5.75 Å². The Labute approximate surface area is 143 Å². The number of amides is 1. The minimum absolute atomic E-state index is 0.0492. The zero-order valence-corrected chi connectivity index (χ0v) is 15.4. The fraction of sp³-hybridized carbons (Fsp3) is 0.444. The molecule has 0 heterocycles. The van der Waals surface area contributed by atoms with E-state index < -0.39 is 0 Å². The summed E-state index contributed by atoms with van der Waals surface area (Å²) in [5.41, 5.74) is 1.40. The molecular weight excluding hydrogens is 312 g/mol. The molecule has 1 aromatic rings. The predicted octanol–water partition coefficient (Wildman–Crippen LogP) is 5.41. The van der Waals surface area contributed by atoms with Crippen LogP contribution in [-0.4, -0.2) is 29.3 Å². The maximum absolute atomic E-state index is 12.5. The molecule has 1 rings (SSSR count). The van der Waals surface area contributed by atoms with Crippen LogP contribution in [0, 0.1) is 0 Å². The summed E-state index contributed by atoms with van der Waals surface area (Å²) >= 11 is 6.09. The molecule has 5 heteroatoms. The van der Waals surface area contributed by atoms with Crippen molar-refractivity contribution in [2.45, 2.75) is 53.6 Å². The lowest BCUT2D eigenvalue weighted by molar-refractivity contribution is 0.122. The van der Waals surface area contributed by atoms with Crippen LogP contribution in [0.1, 0.15) is 47.1 Å². The molecule has 1 aromatic carbocycles. The minimum atomic E-state index is -0.380. The van der Waals surface area contributed by atoms with Gasteiger partial charge in [0.05, 0.1) is 5.70 Å². The number of benzene rings is 1. The van der Waals surface area contributed by atoms with Gasteiger partial charge in [0.2, 0.25) is 0 Å². The maximum atomic E-state index is 12.5. The van der Waals surface area contributed by atoms with Crippen molar-refractivity contribution >= 4 is 29.6 Å². The molecule has 0 aliphatic heterocycles. The third-order valence-corrected chi connectivity index (χ3v) is 3.52. The quantitative estimate of drug-likeness (QED) is 0.675. The zero-order chi connectivity index (χ0) is 17.6. The summed E-state index contributed by atoms with van der Waals surface area (Å²) in [4.78, 5) is 18.5. The summed E-state index contributed by atoms with van der Waals surface area (Å²) in [5.74, 6) is 0.449. The van der Waals surface area contributed by atoms with Crippen molar-refractivity contribution in [1.82, 2.24) is 4.90 Å². The highest BCUT2D eigenvalue weighted by molar-refractivity contribution is 6.30. The first-order chi connectivity index (χ1) is 10.8. The standard InChI is InChI=1S/C18H25ClN2O2/c1-7-16(20-8-2)15-11-14(19)9-10-17(15)23-18(22)21(12(3)4)13(5)6/h7-13H,1-6H3/b16-7-,20-8?. The van der Waals surface area contributed by atoms with E-state index in [1.807, 2.05) is 47.6 Å². The first-order valence-corrected chi connectivity index (χ1v) is 8.14. The number of hydrogen-bond donors (Lipinski definition) is 0. The van der Waals surface area contributed by atoms with Crippen LogP contribution >= 0.6 is 11.6 Å². The molecule has 0 unspecified atom stereocenters. The number of rotatable bonds is 5. The van der Waals surface area contributed by atoms with Gasteiger partial charge in [-0.3, -0.25) is 4.99 Å². The molecule has 23 heavy (non-hydrogen) atoms. The van der Waals surface area contributed by atoms with E-state index in [0.717, 1.165) is 0 Å². The summed E-state index contributed by atoms with van der Waals surface area (Å²) in [6, 6.07) is 5.25. The first kappa shape index (κ1) is 19.2. The summed E-state index contributed by atoms with van der Waals surface area (Å²) < 4.78 is 5.63. The van der Waals surface area contributed by atoms with Crippen LogP contribution in [0.4, 0.5) is 4.79 Å². The normalized spacial score (nSPS) is 12.3. The second kappa shape index (κ2) is 8.73. The van der Waals surface area contributed by atoms with Crippen molar-refractivity contribution < 1.29 is 9.53 Å². The Morgan fingerprint density at radius 1 is 1.22 bits per heavy atom. The predicted molar refractivity (Wildman–Crippen MR) is 97.4 cm³/mol. The Hall–Kier alpha value is -1.81. The number of hydrogen-bond acceptors (Lipinski definition) is 3. The van der Waals surface area contributed by atoms with Crippen LogP contribution in [0.5, 0.6) is 5.75 Å². The van der Waals surface area contributed by atoms with Gasteiger partial charge in [-0.2, -0.15) is 0 Å². The topological polar surface area (TPSA) is 41.9 Å². The van der Waals surface area contributed by atoms with E-state index in [0.29, 0.717) is 22.0 Å². The van der Waals surface area contributed by atoms with E-state index in [-0.39, 0.29) is 18.2 Å². The van der Waals surface area contributed by atoms with Gasteiger partial charge in [-0.25, -0.2) is 4.79 Å². The average Bonchev–Trinajstić information content (AvgIpc) is 2.46. The lowest BCUT2D eigenvalue weighted by Crippen LogP contribution is -2.43. The molecule has 0 bridgehead atoms. The molecule has 0 saturated heterocycles. The number of halogens is 1. The second-order valence-electron chi connectivity index (χ2n) is 5.66. The molecule has 0 fully saturated rings. The van der Waals surface area contributed by atoms with E-state index in [4.69, 9.17) is 16.3 Å². The van der Waals surface area contributed by atoms with Crippen LogP contribution in [0.3, 0.4) is 0 Å². The number of carbonyl (C=O) groups excluding carboxylic acids is 1. The largest absolute Gasteiger partial charge is 0.415 e. The Kier molecular flexibility index (Phi) is 7.30. The van der Waals surface area contributed by atoms with Gasteiger partial charge in [0, 0.05) is 28.9 Å². The molecule has 0 aliphatic carbocycles. The molecule has 126 valence electrons. The number of aliphatic imine (C=N–C) groups is 1. The first-order valence-electron chi connectivity index (χ1n) is 7.76. The van der Waals surface area contributed by atoms with Crippen LogP contribution < -0.4 is 4.74 Å². The van der Waals surface area contributed by atoms with E-state index in [1.165, 1.54) is 0 Å². The number of allylic oxidation sites excluding steroid dienone is 1. The minimum Gasteiger partial charge on any atom is -0.409 e. The van der Waals surface area contributed by atoms with Crippen molar-refractivity contribution in [3.05, 3.63) is 34.9 Å². The van der Waals surface area contributed by atoms with Gasteiger partial charge in [0.1, 0.15) is 5.75 Å². The molecule has 4 nitrogen and oxygen atoms in total. The van der Waals surface area contributed by atoms with Gasteiger partial charge in [-0.15, -0.1) is 0 Å².